The molecule has 23 heavy (non-hydrogen) atoms. The summed E-state index contributed by atoms with van der Waals surface area (Å²) in [5.74, 6) is -0.188. The molecule has 0 aromatic heterocycles. The number of carbonyl (C=O) groups excluding carboxylic acids is 1. The van der Waals surface area contributed by atoms with E-state index in [1.807, 2.05) is 4.90 Å². The number of amides is 2. The number of likely N-dealkylation sites (tertiary alicyclic amines) is 1. The van der Waals surface area contributed by atoms with Crippen LogP contribution in [-0.2, 0) is 0 Å². The highest BCUT2D eigenvalue weighted by atomic mass is 19.1. The number of carbonyl (C=O) groups is 1. The SMILES string of the molecule is O=C(NC1CC=CC1)N1CCC(C(O)c2ccc(F)cc2)CC1. The summed E-state index contributed by atoms with van der Waals surface area (Å²) in [6, 6.07) is 6.23. The summed E-state index contributed by atoms with van der Waals surface area (Å²) in [7, 11) is 0. The fourth-order valence-electron chi connectivity index (χ4n) is 3.35. The minimum absolute atomic E-state index is 0.00609. The summed E-state index contributed by atoms with van der Waals surface area (Å²) in [6.07, 6.45) is 6.92. The highest BCUT2D eigenvalue weighted by Gasteiger charge is 2.29. The summed E-state index contributed by atoms with van der Waals surface area (Å²) in [4.78, 5) is 14.0. The third-order valence-corrected chi connectivity index (χ3v) is 4.82. The fourth-order valence-corrected chi connectivity index (χ4v) is 3.35. The molecule has 1 heterocycles. The molecule has 124 valence electrons. The van der Waals surface area contributed by atoms with Crippen molar-refractivity contribution < 1.29 is 14.3 Å². The van der Waals surface area contributed by atoms with Gasteiger partial charge in [0.1, 0.15) is 5.82 Å². The first kappa shape index (κ1) is 16.0. The zero-order valence-corrected chi connectivity index (χ0v) is 13.1. The molecule has 1 aromatic carbocycles. The monoisotopic (exact) mass is 318 g/mol. The maximum atomic E-state index is 13.0. The van der Waals surface area contributed by atoms with Crippen molar-refractivity contribution in [1.29, 1.82) is 0 Å². The van der Waals surface area contributed by atoms with Gasteiger partial charge < -0.3 is 15.3 Å². The van der Waals surface area contributed by atoms with Crippen LogP contribution in [0.25, 0.3) is 0 Å². The Morgan fingerprint density at radius 2 is 1.78 bits per heavy atom. The van der Waals surface area contributed by atoms with Gasteiger partial charge in [0.2, 0.25) is 0 Å². The van der Waals surface area contributed by atoms with E-state index in [0.717, 1.165) is 31.2 Å². The Morgan fingerprint density at radius 1 is 1.17 bits per heavy atom. The third-order valence-electron chi connectivity index (χ3n) is 4.82. The van der Waals surface area contributed by atoms with Gasteiger partial charge >= 0.3 is 6.03 Å². The van der Waals surface area contributed by atoms with Crippen LogP contribution in [0.15, 0.2) is 36.4 Å². The van der Waals surface area contributed by atoms with Crippen LogP contribution in [0.3, 0.4) is 0 Å². The van der Waals surface area contributed by atoms with Crippen LogP contribution in [0, 0.1) is 11.7 Å². The second-order valence-electron chi connectivity index (χ2n) is 6.41. The quantitative estimate of drug-likeness (QED) is 0.842. The average Bonchev–Trinajstić information content (AvgIpc) is 3.08. The van der Waals surface area contributed by atoms with E-state index in [9.17, 15) is 14.3 Å². The van der Waals surface area contributed by atoms with Crippen LogP contribution in [0.2, 0.25) is 0 Å². The van der Waals surface area contributed by atoms with Crippen LogP contribution in [0.1, 0.15) is 37.4 Å². The fraction of sp³-hybridized carbons (Fsp3) is 0.500. The Hall–Kier alpha value is -1.88. The topological polar surface area (TPSA) is 52.6 Å². The highest BCUT2D eigenvalue weighted by Crippen LogP contribution is 2.30. The van der Waals surface area contributed by atoms with Gasteiger partial charge in [0.15, 0.2) is 0 Å². The summed E-state index contributed by atoms with van der Waals surface area (Å²) in [5, 5.41) is 13.5. The predicted molar refractivity (Wildman–Crippen MR) is 86.4 cm³/mol. The summed E-state index contributed by atoms with van der Waals surface area (Å²) >= 11 is 0. The molecule has 0 spiro atoms. The largest absolute Gasteiger partial charge is 0.388 e. The van der Waals surface area contributed by atoms with Crippen molar-refractivity contribution in [1.82, 2.24) is 10.2 Å². The minimum atomic E-state index is -0.597. The average molecular weight is 318 g/mol. The Bertz CT molecular complexity index is 557. The second-order valence-corrected chi connectivity index (χ2v) is 6.41. The molecule has 5 heteroatoms. The van der Waals surface area contributed by atoms with E-state index in [2.05, 4.69) is 17.5 Å². The van der Waals surface area contributed by atoms with Gasteiger partial charge in [-0.05, 0) is 49.3 Å². The first-order valence-electron chi connectivity index (χ1n) is 8.27. The lowest BCUT2D eigenvalue weighted by molar-refractivity contribution is 0.0661. The first-order chi connectivity index (χ1) is 11.1. The van der Waals surface area contributed by atoms with E-state index in [1.54, 1.807) is 12.1 Å². The molecule has 1 aromatic rings. The molecule has 0 saturated carbocycles. The van der Waals surface area contributed by atoms with Crippen molar-refractivity contribution in [2.45, 2.75) is 37.8 Å². The summed E-state index contributed by atoms with van der Waals surface area (Å²) in [6.45, 7) is 1.30. The smallest absolute Gasteiger partial charge is 0.317 e. The van der Waals surface area contributed by atoms with Crippen molar-refractivity contribution in [3.8, 4) is 0 Å². The van der Waals surface area contributed by atoms with Gasteiger partial charge in [-0.2, -0.15) is 0 Å². The van der Waals surface area contributed by atoms with E-state index >= 15 is 0 Å². The van der Waals surface area contributed by atoms with Crippen molar-refractivity contribution in [2.24, 2.45) is 5.92 Å². The lowest BCUT2D eigenvalue weighted by Gasteiger charge is -2.35. The Morgan fingerprint density at radius 3 is 2.39 bits per heavy atom. The number of hydrogen-bond acceptors (Lipinski definition) is 2. The molecule has 1 aliphatic heterocycles. The summed E-state index contributed by atoms with van der Waals surface area (Å²) < 4.78 is 13.0. The van der Waals surface area contributed by atoms with Crippen LogP contribution in [0.5, 0.6) is 0 Å². The van der Waals surface area contributed by atoms with Crippen molar-refractivity contribution in [3.05, 3.63) is 47.8 Å². The Balaban J connectivity index is 1.49. The van der Waals surface area contributed by atoms with Gasteiger partial charge in [-0.25, -0.2) is 9.18 Å². The normalized spacial score (nSPS) is 20.7. The molecule has 1 atom stereocenters. The maximum Gasteiger partial charge on any atom is 0.317 e. The van der Waals surface area contributed by atoms with E-state index < -0.39 is 6.10 Å². The highest BCUT2D eigenvalue weighted by molar-refractivity contribution is 5.74. The van der Waals surface area contributed by atoms with Crippen LogP contribution >= 0.6 is 0 Å². The number of aliphatic hydroxyl groups excluding tert-OH is 1. The van der Waals surface area contributed by atoms with E-state index in [1.165, 1.54) is 12.1 Å². The van der Waals surface area contributed by atoms with Crippen LogP contribution < -0.4 is 5.32 Å². The molecule has 1 saturated heterocycles. The van der Waals surface area contributed by atoms with Crippen molar-refractivity contribution in [3.63, 3.8) is 0 Å². The molecule has 4 nitrogen and oxygen atoms in total. The lowest BCUT2D eigenvalue weighted by Crippen LogP contribution is -2.47. The molecule has 2 amide bonds. The molecule has 2 N–H and O–H groups in total. The van der Waals surface area contributed by atoms with Gasteiger partial charge in [0.25, 0.3) is 0 Å². The first-order valence-corrected chi connectivity index (χ1v) is 8.27. The number of halogens is 1. The maximum absolute atomic E-state index is 13.0. The number of urea groups is 1. The van der Waals surface area contributed by atoms with Gasteiger partial charge in [-0.3, -0.25) is 0 Å². The zero-order chi connectivity index (χ0) is 16.2. The Labute approximate surface area is 136 Å². The lowest BCUT2D eigenvalue weighted by atomic mass is 9.87. The number of rotatable bonds is 3. The van der Waals surface area contributed by atoms with E-state index in [4.69, 9.17) is 0 Å². The number of aliphatic hydroxyl groups is 1. The number of hydrogen-bond donors (Lipinski definition) is 2. The number of benzene rings is 1. The predicted octanol–water partition coefficient (Wildman–Crippen LogP) is 3.00. The number of nitrogens with zero attached hydrogens (tertiary/aromatic N) is 1. The van der Waals surface area contributed by atoms with Gasteiger partial charge in [0.05, 0.1) is 6.10 Å². The minimum Gasteiger partial charge on any atom is -0.388 e. The van der Waals surface area contributed by atoms with Crippen molar-refractivity contribution >= 4 is 6.03 Å². The molecule has 0 radical (unpaired) electrons. The van der Waals surface area contributed by atoms with Crippen LogP contribution in [-0.4, -0.2) is 35.2 Å². The van der Waals surface area contributed by atoms with Crippen molar-refractivity contribution in [2.75, 3.05) is 13.1 Å². The Kier molecular flexibility index (Phi) is 4.96. The third kappa shape index (κ3) is 3.91. The van der Waals surface area contributed by atoms with E-state index in [0.29, 0.717) is 13.1 Å². The molecular weight excluding hydrogens is 295 g/mol. The van der Waals surface area contributed by atoms with Gasteiger partial charge in [-0.1, -0.05) is 24.3 Å². The van der Waals surface area contributed by atoms with Gasteiger partial charge in [-0.15, -0.1) is 0 Å². The zero-order valence-electron chi connectivity index (χ0n) is 13.1. The molecular formula is C18H23FN2O2. The molecule has 1 fully saturated rings. The molecule has 2 aliphatic rings. The van der Waals surface area contributed by atoms with Gasteiger partial charge in [0, 0.05) is 19.1 Å². The molecule has 3 rings (SSSR count). The number of piperidine rings is 1. The van der Waals surface area contributed by atoms with E-state index in [-0.39, 0.29) is 23.8 Å². The molecule has 0 bridgehead atoms. The molecule has 1 aliphatic carbocycles. The summed E-state index contributed by atoms with van der Waals surface area (Å²) in [5.41, 5.74) is 0.742. The molecule has 1 unspecified atom stereocenters. The standard InChI is InChI=1S/C18H23FN2O2/c19-15-7-5-13(6-8-15)17(22)14-9-11-21(12-10-14)18(23)20-16-3-1-2-4-16/h1-2,5-8,14,16-17,22H,3-4,9-12H2,(H,20,23). The number of nitrogens with one attached hydrogen (secondary N) is 1. The second kappa shape index (κ2) is 7.13. The van der Waals surface area contributed by atoms with Crippen LogP contribution in [0.4, 0.5) is 9.18 Å².